The molecular weight excluding hydrogens is 242 g/mol. The van der Waals surface area contributed by atoms with Crippen molar-refractivity contribution < 1.29 is 14.9 Å². The van der Waals surface area contributed by atoms with Crippen LogP contribution in [0.4, 0.5) is 0 Å². The number of rotatable bonds is 1. The molecule has 19 heavy (non-hydrogen) atoms. The third kappa shape index (κ3) is 1.45. The lowest BCUT2D eigenvalue weighted by molar-refractivity contribution is -0.144. The van der Waals surface area contributed by atoms with Crippen molar-refractivity contribution in [3.8, 4) is 0 Å². The van der Waals surface area contributed by atoms with Crippen LogP contribution in [0.2, 0.25) is 0 Å². The summed E-state index contributed by atoms with van der Waals surface area (Å²) in [6.07, 6.45) is 5.55. The highest BCUT2D eigenvalue weighted by Crippen LogP contribution is 2.57. The van der Waals surface area contributed by atoms with Crippen LogP contribution in [0.3, 0.4) is 0 Å². The quantitative estimate of drug-likeness (QED) is 0.745. The summed E-state index contributed by atoms with van der Waals surface area (Å²) in [7, 11) is 0. The summed E-state index contributed by atoms with van der Waals surface area (Å²) in [5.41, 5.74) is -0.904. The molecule has 0 amide bonds. The Labute approximate surface area is 114 Å². The lowest BCUT2D eigenvalue weighted by Crippen LogP contribution is -2.60. The average Bonchev–Trinajstić information content (AvgIpc) is 3.03. The maximum Gasteiger partial charge on any atom is 0.204 e. The van der Waals surface area contributed by atoms with Crippen molar-refractivity contribution in [2.75, 3.05) is 13.1 Å². The zero-order valence-corrected chi connectivity index (χ0v) is 11.5. The molecule has 0 radical (unpaired) electrons. The normalized spacial score (nSPS) is 53.0. The van der Waals surface area contributed by atoms with Crippen LogP contribution in [0, 0.1) is 17.8 Å². The van der Waals surface area contributed by atoms with Crippen molar-refractivity contribution in [2.24, 2.45) is 17.8 Å². The average molecular weight is 265 g/mol. The predicted octanol–water partition coefficient (Wildman–Crippen LogP) is 1.09. The molecule has 0 aromatic carbocycles. The Morgan fingerprint density at radius 1 is 1.37 bits per heavy atom. The van der Waals surface area contributed by atoms with Gasteiger partial charge in [0.2, 0.25) is 6.29 Å². The molecule has 6 atom stereocenters. The number of hydrogen-bond donors (Lipinski definition) is 2. The number of ether oxygens (including phenoxy) is 1. The van der Waals surface area contributed by atoms with E-state index in [1.807, 2.05) is 6.08 Å². The Morgan fingerprint density at radius 2 is 2.11 bits per heavy atom. The van der Waals surface area contributed by atoms with Crippen molar-refractivity contribution in [2.45, 2.75) is 50.5 Å². The molecule has 2 aliphatic heterocycles. The summed E-state index contributed by atoms with van der Waals surface area (Å²) in [4.78, 5) is 2.47. The highest BCUT2D eigenvalue weighted by atomic mass is 16.6. The van der Waals surface area contributed by atoms with E-state index in [0.717, 1.165) is 25.9 Å². The highest BCUT2D eigenvalue weighted by molar-refractivity contribution is 5.29. The molecule has 4 nitrogen and oxygen atoms in total. The fourth-order valence-corrected chi connectivity index (χ4v) is 5.07. The van der Waals surface area contributed by atoms with E-state index < -0.39 is 11.9 Å². The maximum absolute atomic E-state index is 11.1. The monoisotopic (exact) mass is 265 g/mol. The van der Waals surface area contributed by atoms with Crippen molar-refractivity contribution in [1.82, 2.24) is 4.90 Å². The first-order valence-corrected chi connectivity index (χ1v) is 7.64. The molecule has 0 spiro atoms. The minimum absolute atomic E-state index is 0.173. The van der Waals surface area contributed by atoms with Gasteiger partial charge in [0.15, 0.2) is 0 Å². The van der Waals surface area contributed by atoms with Crippen molar-refractivity contribution in [1.29, 1.82) is 0 Å². The van der Waals surface area contributed by atoms with Gasteiger partial charge in [0.05, 0.1) is 5.92 Å². The minimum atomic E-state index is -0.904. The van der Waals surface area contributed by atoms with Gasteiger partial charge in [0.25, 0.3) is 0 Å². The van der Waals surface area contributed by atoms with Crippen LogP contribution >= 0.6 is 0 Å². The maximum atomic E-state index is 11.1. The lowest BCUT2D eigenvalue weighted by atomic mass is 9.63. The molecule has 4 heteroatoms. The molecule has 6 unspecified atom stereocenters. The third-order valence-corrected chi connectivity index (χ3v) is 5.84. The largest absolute Gasteiger partial charge is 0.466 e. The van der Waals surface area contributed by atoms with Crippen LogP contribution in [0.1, 0.15) is 32.6 Å². The van der Waals surface area contributed by atoms with Gasteiger partial charge in [-0.2, -0.15) is 0 Å². The summed E-state index contributed by atoms with van der Waals surface area (Å²) < 4.78 is 5.58. The first-order chi connectivity index (χ1) is 9.12. The van der Waals surface area contributed by atoms with E-state index in [1.165, 1.54) is 12.8 Å². The van der Waals surface area contributed by atoms with Gasteiger partial charge in [0, 0.05) is 6.04 Å². The molecule has 4 rings (SSSR count). The molecule has 0 bridgehead atoms. The van der Waals surface area contributed by atoms with Crippen molar-refractivity contribution in [3.63, 3.8) is 0 Å². The van der Waals surface area contributed by atoms with E-state index >= 15 is 0 Å². The first-order valence-electron chi connectivity index (χ1n) is 7.64. The first kappa shape index (κ1) is 12.2. The molecule has 2 heterocycles. The SMILES string of the molecule is CC1CC2CC=C3OC(O)C(C1N1CCCC1)C32O. The topological polar surface area (TPSA) is 52.9 Å². The fraction of sp³-hybridized carbons (Fsp3) is 0.867. The van der Waals surface area contributed by atoms with Crippen LogP contribution < -0.4 is 0 Å². The van der Waals surface area contributed by atoms with Crippen LogP contribution in [0.25, 0.3) is 0 Å². The molecular formula is C15H23NO3. The summed E-state index contributed by atoms with van der Waals surface area (Å²) >= 11 is 0. The van der Waals surface area contributed by atoms with Crippen LogP contribution in [0.15, 0.2) is 11.8 Å². The van der Waals surface area contributed by atoms with E-state index in [2.05, 4.69) is 11.8 Å². The van der Waals surface area contributed by atoms with Gasteiger partial charge in [-0.3, -0.25) is 4.90 Å². The van der Waals surface area contributed by atoms with E-state index in [1.54, 1.807) is 0 Å². The number of likely N-dealkylation sites (tertiary alicyclic amines) is 1. The zero-order valence-electron chi connectivity index (χ0n) is 11.5. The van der Waals surface area contributed by atoms with Crippen LogP contribution in [-0.4, -0.2) is 46.1 Å². The van der Waals surface area contributed by atoms with Gasteiger partial charge < -0.3 is 14.9 Å². The zero-order chi connectivity index (χ0) is 13.2. The van der Waals surface area contributed by atoms with Gasteiger partial charge in [-0.1, -0.05) is 6.92 Å². The smallest absolute Gasteiger partial charge is 0.204 e. The minimum Gasteiger partial charge on any atom is -0.466 e. The second kappa shape index (κ2) is 3.96. The van der Waals surface area contributed by atoms with Crippen LogP contribution in [0.5, 0.6) is 0 Å². The second-order valence-corrected chi connectivity index (χ2v) is 6.81. The van der Waals surface area contributed by atoms with E-state index in [-0.39, 0.29) is 17.9 Å². The number of aliphatic hydroxyl groups excluding tert-OH is 1. The Kier molecular flexibility index (Phi) is 2.54. The van der Waals surface area contributed by atoms with Crippen molar-refractivity contribution in [3.05, 3.63) is 11.8 Å². The molecule has 1 saturated carbocycles. The molecule has 106 valence electrons. The molecule has 2 aliphatic carbocycles. The van der Waals surface area contributed by atoms with Gasteiger partial charge in [-0.25, -0.2) is 0 Å². The number of hydrogen-bond acceptors (Lipinski definition) is 4. The molecule has 2 saturated heterocycles. The van der Waals surface area contributed by atoms with Gasteiger partial charge >= 0.3 is 0 Å². The van der Waals surface area contributed by atoms with Crippen LogP contribution in [-0.2, 0) is 4.74 Å². The fourth-order valence-electron chi connectivity index (χ4n) is 5.07. The number of aliphatic hydroxyl groups is 2. The summed E-state index contributed by atoms with van der Waals surface area (Å²) in [5, 5.41) is 21.5. The Hall–Kier alpha value is -0.580. The highest BCUT2D eigenvalue weighted by Gasteiger charge is 2.66. The second-order valence-electron chi connectivity index (χ2n) is 6.81. The molecule has 2 N–H and O–H groups in total. The lowest BCUT2D eigenvalue weighted by Gasteiger charge is -2.49. The molecule has 4 aliphatic rings. The third-order valence-electron chi connectivity index (χ3n) is 5.84. The van der Waals surface area contributed by atoms with Gasteiger partial charge in [-0.15, -0.1) is 0 Å². The predicted molar refractivity (Wildman–Crippen MR) is 70.1 cm³/mol. The molecule has 3 fully saturated rings. The summed E-state index contributed by atoms with van der Waals surface area (Å²) in [6.45, 7) is 4.46. The van der Waals surface area contributed by atoms with E-state index in [0.29, 0.717) is 11.7 Å². The standard InChI is InChI=1S/C15H23NO3/c1-9-8-10-4-5-11-15(10,18)12(14(17)19-11)13(9)16-6-2-3-7-16/h5,9-10,12-14,17-18H,2-4,6-8H2,1H3. The Morgan fingerprint density at radius 3 is 2.84 bits per heavy atom. The number of allylic oxidation sites excluding steroid dienone is 1. The molecule has 0 aromatic heterocycles. The Balaban J connectivity index is 1.73. The molecule has 0 aromatic rings. The van der Waals surface area contributed by atoms with Crippen molar-refractivity contribution >= 4 is 0 Å². The van der Waals surface area contributed by atoms with Gasteiger partial charge in [0.1, 0.15) is 11.4 Å². The van der Waals surface area contributed by atoms with Gasteiger partial charge in [-0.05, 0) is 56.7 Å². The number of nitrogens with zero attached hydrogens (tertiary/aromatic N) is 1. The summed E-state index contributed by atoms with van der Waals surface area (Å²) in [6, 6.07) is 0.253. The summed E-state index contributed by atoms with van der Waals surface area (Å²) in [5.74, 6) is 1.22. The Bertz CT molecular complexity index is 418. The van der Waals surface area contributed by atoms with E-state index in [4.69, 9.17) is 4.74 Å². The van der Waals surface area contributed by atoms with E-state index in [9.17, 15) is 10.2 Å².